The highest BCUT2D eigenvalue weighted by Gasteiger charge is 2.04. The second-order valence-electron chi connectivity index (χ2n) is 3.32. The molecule has 15 heavy (non-hydrogen) atoms. The Morgan fingerprint density at radius 3 is 2.87 bits per heavy atom. The third-order valence-corrected chi connectivity index (χ3v) is 1.92. The lowest BCUT2D eigenvalue weighted by molar-refractivity contribution is 0.1000. The Morgan fingerprint density at radius 2 is 2.27 bits per heavy atom. The van der Waals surface area contributed by atoms with Crippen LogP contribution in [-0.2, 0) is 0 Å². The number of rotatable bonds is 5. The topological polar surface area (TPSA) is 94.0 Å². The number of aromatic nitrogens is 1. The van der Waals surface area contributed by atoms with E-state index in [0.29, 0.717) is 17.9 Å². The molecule has 0 aromatic carbocycles. The first-order valence-electron chi connectivity index (χ1n) is 4.86. The largest absolute Gasteiger partial charge is 0.370 e. The van der Waals surface area contributed by atoms with Gasteiger partial charge in [-0.3, -0.25) is 4.79 Å². The molecule has 0 aliphatic carbocycles. The van der Waals surface area contributed by atoms with Gasteiger partial charge in [-0.05, 0) is 32.0 Å². The third kappa shape index (κ3) is 3.55. The van der Waals surface area contributed by atoms with Gasteiger partial charge in [0.05, 0.1) is 0 Å². The first kappa shape index (κ1) is 11.5. The van der Waals surface area contributed by atoms with Crippen LogP contribution in [0.3, 0.4) is 0 Å². The molecule has 1 aromatic rings. The minimum absolute atomic E-state index is 0.442. The number of primary amides is 1. The Morgan fingerprint density at radius 1 is 1.53 bits per heavy atom. The molecular weight excluding hydrogens is 192 g/mol. The number of nitrogens with one attached hydrogen (secondary N) is 1. The fourth-order valence-corrected chi connectivity index (χ4v) is 1.22. The lowest BCUT2D eigenvalue weighted by Crippen LogP contribution is -2.14. The quantitative estimate of drug-likeness (QED) is 0.604. The molecule has 1 rings (SSSR count). The maximum absolute atomic E-state index is 11.0. The standard InChI is InChI=1S/C10H16N4O/c1-7-5-8(10(12)15)6-9(14-7)13-4-2-3-11/h5-6H,2-4,11H2,1H3,(H2,12,15)(H,13,14). The smallest absolute Gasteiger partial charge is 0.248 e. The van der Waals surface area contributed by atoms with E-state index in [1.807, 2.05) is 6.92 Å². The molecule has 0 radical (unpaired) electrons. The molecule has 0 saturated carbocycles. The van der Waals surface area contributed by atoms with Gasteiger partial charge < -0.3 is 16.8 Å². The molecule has 0 aliphatic rings. The second-order valence-corrected chi connectivity index (χ2v) is 3.32. The lowest BCUT2D eigenvalue weighted by atomic mass is 10.2. The first-order valence-corrected chi connectivity index (χ1v) is 4.86. The summed E-state index contributed by atoms with van der Waals surface area (Å²) in [4.78, 5) is 15.2. The van der Waals surface area contributed by atoms with Crippen molar-refractivity contribution in [3.05, 3.63) is 23.4 Å². The normalized spacial score (nSPS) is 10.0. The van der Waals surface area contributed by atoms with Crippen molar-refractivity contribution < 1.29 is 4.79 Å². The fraction of sp³-hybridized carbons (Fsp3) is 0.400. The molecule has 1 heterocycles. The number of hydrogen-bond donors (Lipinski definition) is 3. The molecule has 0 fully saturated rings. The molecule has 0 aliphatic heterocycles. The Kier molecular flexibility index (Phi) is 4.05. The number of nitrogens with zero attached hydrogens (tertiary/aromatic N) is 1. The molecule has 5 N–H and O–H groups in total. The highest BCUT2D eigenvalue weighted by atomic mass is 16.1. The molecule has 0 atom stereocenters. The number of amides is 1. The van der Waals surface area contributed by atoms with Crippen LogP contribution in [0.2, 0.25) is 0 Å². The van der Waals surface area contributed by atoms with Crippen molar-refractivity contribution in [3.8, 4) is 0 Å². The number of carbonyl (C=O) groups excluding carboxylic acids is 1. The molecule has 0 saturated heterocycles. The van der Waals surface area contributed by atoms with E-state index < -0.39 is 5.91 Å². The summed E-state index contributed by atoms with van der Waals surface area (Å²) in [7, 11) is 0. The fourth-order valence-electron chi connectivity index (χ4n) is 1.22. The Balaban J connectivity index is 2.75. The maximum Gasteiger partial charge on any atom is 0.248 e. The van der Waals surface area contributed by atoms with E-state index >= 15 is 0 Å². The summed E-state index contributed by atoms with van der Waals surface area (Å²) in [6.45, 7) is 3.19. The average molecular weight is 208 g/mol. The highest BCUT2D eigenvalue weighted by molar-refractivity contribution is 5.93. The number of hydrogen-bond acceptors (Lipinski definition) is 4. The number of pyridine rings is 1. The van der Waals surface area contributed by atoms with Gasteiger partial charge >= 0.3 is 0 Å². The van der Waals surface area contributed by atoms with Gasteiger partial charge in [-0.2, -0.15) is 0 Å². The Hall–Kier alpha value is -1.62. The van der Waals surface area contributed by atoms with Gasteiger partial charge in [-0.25, -0.2) is 4.98 Å². The Bertz CT molecular complexity index is 351. The zero-order valence-electron chi connectivity index (χ0n) is 8.79. The molecule has 0 spiro atoms. The van der Waals surface area contributed by atoms with Crippen LogP contribution in [0.15, 0.2) is 12.1 Å². The van der Waals surface area contributed by atoms with E-state index in [-0.39, 0.29) is 0 Å². The predicted molar refractivity (Wildman–Crippen MR) is 59.7 cm³/mol. The molecule has 1 aromatic heterocycles. The summed E-state index contributed by atoms with van der Waals surface area (Å²) in [6, 6.07) is 3.31. The van der Waals surface area contributed by atoms with E-state index in [4.69, 9.17) is 11.5 Å². The van der Waals surface area contributed by atoms with Crippen LogP contribution in [0.4, 0.5) is 5.82 Å². The second kappa shape index (κ2) is 5.31. The minimum atomic E-state index is -0.442. The number of carbonyl (C=O) groups is 1. The summed E-state index contributed by atoms with van der Waals surface area (Å²) >= 11 is 0. The van der Waals surface area contributed by atoms with E-state index in [0.717, 1.165) is 18.7 Å². The van der Waals surface area contributed by atoms with E-state index in [1.54, 1.807) is 12.1 Å². The van der Waals surface area contributed by atoms with Crippen molar-refractivity contribution in [1.29, 1.82) is 0 Å². The van der Waals surface area contributed by atoms with Crippen LogP contribution in [0.1, 0.15) is 22.5 Å². The van der Waals surface area contributed by atoms with Crippen molar-refractivity contribution in [2.24, 2.45) is 11.5 Å². The van der Waals surface area contributed by atoms with Gasteiger partial charge in [0.1, 0.15) is 5.82 Å². The molecule has 1 amide bonds. The molecule has 82 valence electrons. The number of aryl methyl sites for hydroxylation is 1. The summed E-state index contributed by atoms with van der Waals surface area (Å²) in [5.74, 6) is 0.222. The van der Waals surface area contributed by atoms with E-state index in [9.17, 15) is 4.79 Å². The lowest BCUT2D eigenvalue weighted by Gasteiger charge is -2.06. The summed E-state index contributed by atoms with van der Waals surface area (Å²) in [6.07, 6.45) is 0.863. The van der Waals surface area contributed by atoms with Crippen LogP contribution in [0, 0.1) is 6.92 Å². The van der Waals surface area contributed by atoms with E-state index in [1.165, 1.54) is 0 Å². The van der Waals surface area contributed by atoms with Gasteiger partial charge in [-0.1, -0.05) is 0 Å². The van der Waals surface area contributed by atoms with Crippen molar-refractivity contribution in [2.45, 2.75) is 13.3 Å². The molecule has 5 heteroatoms. The van der Waals surface area contributed by atoms with Crippen LogP contribution in [0.25, 0.3) is 0 Å². The first-order chi connectivity index (χ1) is 7.13. The van der Waals surface area contributed by atoms with Crippen LogP contribution in [0.5, 0.6) is 0 Å². The van der Waals surface area contributed by atoms with Crippen LogP contribution in [-0.4, -0.2) is 24.0 Å². The van der Waals surface area contributed by atoms with Crippen molar-refractivity contribution in [3.63, 3.8) is 0 Å². The zero-order valence-corrected chi connectivity index (χ0v) is 8.79. The summed E-state index contributed by atoms with van der Waals surface area (Å²) in [5.41, 5.74) is 11.8. The molecule has 0 unspecified atom stereocenters. The van der Waals surface area contributed by atoms with Crippen molar-refractivity contribution >= 4 is 11.7 Å². The van der Waals surface area contributed by atoms with Crippen LogP contribution < -0.4 is 16.8 Å². The van der Waals surface area contributed by atoms with Crippen molar-refractivity contribution in [2.75, 3.05) is 18.4 Å². The SMILES string of the molecule is Cc1cc(C(N)=O)cc(NCCCN)n1. The number of nitrogens with two attached hydrogens (primary N) is 2. The predicted octanol–water partition coefficient (Wildman–Crippen LogP) is 0.250. The summed E-state index contributed by atoms with van der Waals surface area (Å²) < 4.78 is 0. The monoisotopic (exact) mass is 208 g/mol. The minimum Gasteiger partial charge on any atom is -0.370 e. The third-order valence-electron chi connectivity index (χ3n) is 1.92. The zero-order chi connectivity index (χ0) is 11.3. The molecule has 0 bridgehead atoms. The van der Waals surface area contributed by atoms with Gasteiger partial charge in [0.2, 0.25) is 5.91 Å². The van der Waals surface area contributed by atoms with Gasteiger partial charge in [-0.15, -0.1) is 0 Å². The summed E-state index contributed by atoms with van der Waals surface area (Å²) in [5, 5.41) is 3.08. The van der Waals surface area contributed by atoms with E-state index in [2.05, 4.69) is 10.3 Å². The van der Waals surface area contributed by atoms with Gasteiger partial charge in [0.15, 0.2) is 0 Å². The Labute approximate surface area is 88.9 Å². The van der Waals surface area contributed by atoms with Gasteiger partial charge in [0.25, 0.3) is 0 Å². The highest BCUT2D eigenvalue weighted by Crippen LogP contribution is 2.09. The van der Waals surface area contributed by atoms with Crippen LogP contribution >= 0.6 is 0 Å². The number of anilines is 1. The average Bonchev–Trinajstić information content (AvgIpc) is 2.17. The molecular formula is C10H16N4O. The molecule has 5 nitrogen and oxygen atoms in total. The van der Waals surface area contributed by atoms with Gasteiger partial charge in [0, 0.05) is 17.8 Å². The van der Waals surface area contributed by atoms with Crippen molar-refractivity contribution in [1.82, 2.24) is 4.98 Å². The maximum atomic E-state index is 11.0.